The van der Waals surface area contributed by atoms with E-state index < -0.39 is 5.60 Å². The molecule has 4 nitrogen and oxygen atoms in total. The minimum Gasteiger partial charge on any atom is -0.497 e. The van der Waals surface area contributed by atoms with Gasteiger partial charge in [-0.15, -0.1) is 0 Å². The van der Waals surface area contributed by atoms with Crippen molar-refractivity contribution in [1.82, 2.24) is 0 Å². The van der Waals surface area contributed by atoms with Crippen molar-refractivity contribution in [2.75, 3.05) is 14.2 Å². The van der Waals surface area contributed by atoms with Gasteiger partial charge in [-0.25, -0.2) is 0 Å². The van der Waals surface area contributed by atoms with Crippen LogP contribution in [0.1, 0.15) is 32.6 Å². The van der Waals surface area contributed by atoms with Crippen molar-refractivity contribution in [2.45, 2.75) is 5.60 Å². The summed E-state index contributed by atoms with van der Waals surface area (Å²) in [4.78, 5) is 14.4. The van der Waals surface area contributed by atoms with Gasteiger partial charge in [-0.05, 0) is 64.2 Å². The number of ether oxygens (including phenoxy) is 3. The Labute approximate surface area is 243 Å². The first-order valence-electron chi connectivity index (χ1n) is 14.0. The molecule has 1 unspecified atom stereocenters. The lowest BCUT2D eigenvalue weighted by Crippen LogP contribution is -2.34. The van der Waals surface area contributed by atoms with Crippen LogP contribution in [-0.2, 0) is 5.60 Å². The van der Waals surface area contributed by atoms with Gasteiger partial charge in [-0.1, -0.05) is 78.9 Å². The second-order valence-corrected chi connectivity index (χ2v) is 10.7. The lowest BCUT2D eigenvalue weighted by molar-refractivity contribution is 0.104. The average molecular weight is 547 g/mol. The monoisotopic (exact) mass is 546 g/mol. The Morgan fingerprint density at radius 2 is 1.33 bits per heavy atom. The second kappa shape index (κ2) is 9.08. The van der Waals surface area contributed by atoms with Gasteiger partial charge in [-0.3, -0.25) is 4.79 Å². The van der Waals surface area contributed by atoms with E-state index in [1.165, 1.54) is 0 Å². The Morgan fingerprint density at radius 3 is 2.12 bits per heavy atom. The molecule has 6 aromatic carbocycles. The predicted octanol–water partition coefficient (Wildman–Crippen LogP) is 8.57. The maximum Gasteiger partial charge on any atom is 0.195 e. The zero-order chi connectivity index (χ0) is 28.4. The van der Waals surface area contributed by atoms with E-state index in [0.29, 0.717) is 11.3 Å². The summed E-state index contributed by atoms with van der Waals surface area (Å²) in [5, 5.41) is 3.87. The van der Waals surface area contributed by atoms with E-state index in [1.807, 2.05) is 78.9 Å². The first-order chi connectivity index (χ1) is 20.6. The van der Waals surface area contributed by atoms with Crippen LogP contribution in [0, 0.1) is 0 Å². The molecule has 2 aliphatic rings. The first-order valence-corrected chi connectivity index (χ1v) is 14.0. The van der Waals surface area contributed by atoms with Crippen molar-refractivity contribution < 1.29 is 19.0 Å². The van der Waals surface area contributed by atoms with Gasteiger partial charge < -0.3 is 14.2 Å². The summed E-state index contributed by atoms with van der Waals surface area (Å²) in [6.45, 7) is 0. The number of ketones is 1. The smallest absolute Gasteiger partial charge is 0.195 e. The van der Waals surface area contributed by atoms with E-state index in [0.717, 1.165) is 66.4 Å². The zero-order valence-electron chi connectivity index (χ0n) is 23.2. The number of hydrogen-bond acceptors (Lipinski definition) is 4. The van der Waals surface area contributed by atoms with Gasteiger partial charge in [0, 0.05) is 38.8 Å². The highest BCUT2D eigenvalue weighted by Crippen LogP contribution is 2.54. The Bertz CT molecular complexity index is 2090. The summed E-state index contributed by atoms with van der Waals surface area (Å²) in [6.07, 6.45) is 4.15. The molecular weight excluding hydrogens is 520 g/mol. The van der Waals surface area contributed by atoms with Crippen molar-refractivity contribution >= 4 is 33.4 Å². The molecule has 0 aromatic heterocycles. The topological polar surface area (TPSA) is 44.8 Å². The molecule has 6 aromatic rings. The van der Waals surface area contributed by atoms with Crippen LogP contribution in [-0.4, -0.2) is 20.0 Å². The van der Waals surface area contributed by atoms with Crippen LogP contribution in [0.3, 0.4) is 0 Å². The molecule has 0 fully saturated rings. The molecule has 1 aliphatic carbocycles. The quantitative estimate of drug-likeness (QED) is 0.222. The van der Waals surface area contributed by atoms with E-state index in [1.54, 1.807) is 14.2 Å². The van der Waals surface area contributed by atoms with Crippen LogP contribution in [0.5, 0.6) is 17.2 Å². The van der Waals surface area contributed by atoms with E-state index in [9.17, 15) is 4.79 Å². The highest BCUT2D eigenvalue weighted by molar-refractivity contribution is 6.32. The SMILES string of the molecule is COc1ccc(C2(c3ccccc3)C=Cc3c4c(c5ccc(OC)cc5c3O2)-c2ccc3ccccc3c2C4=O)cc1. The minimum atomic E-state index is -0.925. The fourth-order valence-corrected chi connectivity index (χ4v) is 6.62. The van der Waals surface area contributed by atoms with Crippen LogP contribution >= 0.6 is 0 Å². The fraction of sp³-hybridized carbons (Fsp3) is 0.0789. The summed E-state index contributed by atoms with van der Waals surface area (Å²) in [5.41, 5.74) is 5.13. The van der Waals surface area contributed by atoms with E-state index >= 15 is 0 Å². The lowest BCUT2D eigenvalue weighted by Gasteiger charge is -2.37. The zero-order valence-corrected chi connectivity index (χ0v) is 23.2. The van der Waals surface area contributed by atoms with Crippen LogP contribution in [0.25, 0.3) is 38.7 Å². The largest absolute Gasteiger partial charge is 0.497 e. The first kappa shape index (κ1) is 24.4. The number of benzene rings is 6. The summed E-state index contributed by atoms with van der Waals surface area (Å²) in [5.74, 6) is 2.18. The minimum absolute atomic E-state index is 0.0238. The Balaban J connectivity index is 1.44. The maximum absolute atomic E-state index is 14.4. The number of methoxy groups -OCH3 is 2. The van der Waals surface area contributed by atoms with Gasteiger partial charge in [0.25, 0.3) is 0 Å². The van der Waals surface area contributed by atoms with Crippen LogP contribution in [0.15, 0.2) is 115 Å². The third-order valence-corrected chi connectivity index (χ3v) is 8.63. The number of carbonyl (C=O) groups excluding carboxylic acids is 1. The summed E-state index contributed by atoms with van der Waals surface area (Å²) < 4.78 is 18.3. The van der Waals surface area contributed by atoms with Crippen molar-refractivity contribution in [2.24, 2.45) is 0 Å². The number of rotatable bonds is 4. The molecule has 0 saturated heterocycles. The third kappa shape index (κ3) is 3.32. The van der Waals surface area contributed by atoms with Crippen LogP contribution in [0.2, 0.25) is 0 Å². The van der Waals surface area contributed by atoms with Crippen molar-refractivity contribution in [3.8, 4) is 28.4 Å². The normalized spacial score (nSPS) is 16.6. The number of carbonyl (C=O) groups is 1. The standard InChI is InChI=1S/C38H26O4/c1-40-26-15-13-25(14-16-26)38(24-9-4-3-5-10-24)21-20-31-35-33(29-19-17-27(41-2)22-32(29)37(31)42-38)30-18-12-23-8-6-7-11-28(23)34(30)36(35)39/h3-22H,1-2H3. The molecule has 0 spiro atoms. The molecule has 8 rings (SSSR count). The predicted molar refractivity (Wildman–Crippen MR) is 167 cm³/mol. The molecule has 0 amide bonds. The fourth-order valence-electron chi connectivity index (χ4n) is 6.62. The summed E-state index contributed by atoms with van der Waals surface area (Å²) in [7, 11) is 3.33. The van der Waals surface area contributed by atoms with Crippen molar-refractivity contribution in [1.29, 1.82) is 0 Å². The molecule has 202 valence electrons. The second-order valence-electron chi connectivity index (χ2n) is 10.7. The maximum atomic E-state index is 14.4. The molecule has 4 heteroatoms. The van der Waals surface area contributed by atoms with E-state index in [-0.39, 0.29) is 5.78 Å². The molecule has 0 N–H and O–H groups in total. The summed E-state index contributed by atoms with van der Waals surface area (Å²) >= 11 is 0. The highest BCUT2D eigenvalue weighted by Gasteiger charge is 2.42. The van der Waals surface area contributed by atoms with E-state index in [2.05, 4.69) is 42.5 Å². The van der Waals surface area contributed by atoms with Crippen LogP contribution < -0.4 is 14.2 Å². The van der Waals surface area contributed by atoms with Gasteiger partial charge in [0.2, 0.25) is 0 Å². The molecule has 1 atom stereocenters. The molecule has 42 heavy (non-hydrogen) atoms. The van der Waals surface area contributed by atoms with Gasteiger partial charge in [0.05, 0.1) is 14.2 Å². The van der Waals surface area contributed by atoms with E-state index in [4.69, 9.17) is 14.2 Å². The lowest BCUT2D eigenvalue weighted by atomic mass is 9.82. The highest BCUT2D eigenvalue weighted by atomic mass is 16.5. The molecule has 0 saturated carbocycles. The van der Waals surface area contributed by atoms with Crippen LogP contribution in [0.4, 0.5) is 0 Å². The Kier molecular flexibility index (Phi) is 5.29. The third-order valence-electron chi connectivity index (χ3n) is 8.63. The van der Waals surface area contributed by atoms with Crippen molar-refractivity contribution in [3.05, 3.63) is 143 Å². The van der Waals surface area contributed by atoms with Gasteiger partial charge in [0.15, 0.2) is 11.4 Å². The molecule has 0 bridgehead atoms. The van der Waals surface area contributed by atoms with Gasteiger partial charge >= 0.3 is 0 Å². The molecular formula is C38H26O4. The summed E-state index contributed by atoms with van der Waals surface area (Å²) in [6, 6.07) is 36.4. The van der Waals surface area contributed by atoms with Gasteiger partial charge in [0.1, 0.15) is 17.2 Å². The van der Waals surface area contributed by atoms with Crippen molar-refractivity contribution in [3.63, 3.8) is 0 Å². The molecule has 0 radical (unpaired) electrons. The van der Waals surface area contributed by atoms with Gasteiger partial charge in [-0.2, -0.15) is 0 Å². The molecule has 1 aliphatic heterocycles. The number of hydrogen-bond donors (Lipinski definition) is 0. The molecule has 1 heterocycles. The number of fused-ring (bicyclic) bond motifs is 10. The Hall–Kier alpha value is -5.35. The average Bonchev–Trinajstić information content (AvgIpc) is 3.37. The Morgan fingerprint density at radius 1 is 0.619 bits per heavy atom.